The Kier molecular flexibility index (Phi) is 5.49. The Hall–Kier alpha value is -1.64. The molecule has 3 heteroatoms. The summed E-state index contributed by atoms with van der Waals surface area (Å²) in [7, 11) is 0. The molecule has 1 rings (SSSR count). The van der Waals surface area contributed by atoms with Gasteiger partial charge in [-0.25, -0.2) is 0 Å². The number of carbonyl (C=O) groups is 2. The Morgan fingerprint density at radius 1 is 1.05 bits per heavy atom. The largest absolute Gasteiger partial charge is 0.346 e. The number of hydrogen-bond donors (Lipinski definition) is 1. The fraction of sp³-hybridized carbons (Fsp3) is 0.529. The summed E-state index contributed by atoms with van der Waals surface area (Å²) in [5.41, 5.74) is 1.63. The lowest BCUT2D eigenvalue weighted by Crippen LogP contribution is -2.38. The van der Waals surface area contributed by atoms with Crippen LogP contribution in [0.25, 0.3) is 0 Å². The van der Waals surface area contributed by atoms with Crippen LogP contribution in [0.15, 0.2) is 24.3 Å². The van der Waals surface area contributed by atoms with Gasteiger partial charge in [0.25, 0.3) is 5.91 Å². The van der Waals surface area contributed by atoms with Crippen molar-refractivity contribution in [3.05, 3.63) is 35.4 Å². The van der Waals surface area contributed by atoms with Gasteiger partial charge in [-0.15, -0.1) is 0 Å². The van der Waals surface area contributed by atoms with Crippen molar-refractivity contribution in [2.24, 2.45) is 0 Å². The van der Waals surface area contributed by atoms with Crippen LogP contribution in [0.2, 0.25) is 0 Å². The number of carbonyl (C=O) groups excluding carboxylic acids is 2. The van der Waals surface area contributed by atoms with Crippen LogP contribution in [-0.2, 0) is 10.2 Å². The molecule has 0 aliphatic heterocycles. The van der Waals surface area contributed by atoms with E-state index in [1.807, 2.05) is 26.0 Å². The highest BCUT2D eigenvalue weighted by atomic mass is 16.2. The summed E-state index contributed by atoms with van der Waals surface area (Å²) >= 11 is 0. The van der Waals surface area contributed by atoms with Gasteiger partial charge in [0.05, 0.1) is 0 Å². The second kappa shape index (κ2) is 6.69. The summed E-state index contributed by atoms with van der Waals surface area (Å²) < 4.78 is 0. The molecule has 0 saturated carbocycles. The lowest BCUT2D eigenvalue weighted by molar-refractivity contribution is -0.117. The zero-order chi connectivity index (χ0) is 15.3. The summed E-state index contributed by atoms with van der Waals surface area (Å²) in [4.78, 5) is 24.0. The molecule has 1 amide bonds. The van der Waals surface area contributed by atoms with Crippen LogP contribution in [0, 0.1) is 0 Å². The highest BCUT2D eigenvalue weighted by molar-refractivity contribution is 6.42. The third kappa shape index (κ3) is 4.19. The van der Waals surface area contributed by atoms with Gasteiger partial charge in [-0.1, -0.05) is 58.9 Å². The molecule has 1 N–H and O–H groups in total. The average Bonchev–Trinajstić information content (AvgIpc) is 2.42. The summed E-state index contributed by atoms with van der Waals surface area (Å²) in [5, 5.41) is 2.77. The van der Waals surface area contributed by atoms with Gasteiger partial charge >= 0.3 is 0 Å². The Balaban J connectivity index is 2.80. The molecule has 0 unspecified atom stereocenters. The van der Waals surface area contributed by atoms with E-state index in [4.69, 9.17) is 0 Å². The van der Waals surface area contributed by atoms with Crippen molar-refractivity contribution in [3.63, 3.8) is 0 Å². The van der Waals surface area contributed by atoms with Crippen molar-refractivity contribution >= 4 is 11.7 Å². The predicted octanol–water partition coefficient (Wildman–Crippen LogP) is 3.47. The van der Waals surface area contributed by atoms with E-state index in [9.17, 15) is 9.59 Å². The standard InChI is InChI=1S/C17H25NO2/c1-6-14(7-2)18-16(20)15(19)12-8-10-13(11-9-12)17(3,4)5/h8-11,14H,6-7H2,1-5H3,(H,18,20). The predicted molar refractivity (Wildman–Crippen MR) is 82.0 cm³/mol. The zero-order valence-corrected chi connectivity index (χ0v) is 13.1. The Labute approximate surface area is 121 Å². The summed E-state index contributed by atoms with van der Waals surface area (Å²) in [6, 6.07) is 7.36. The van der Waals surface area contributed by atoms with Crippen LogP contribution in [0.3, 0.4) is 0 Å². The molecule has 0 aliphatic rings. The van der Waals surface area contributed by atoms with E-state index in [0.717, 1.165) is 18.4 Å². The molecule has 0 saturated heterocycles. The third-order valence-electron chi connectivity index (χ3n) is 3.54. The first kappa shape index (κ1) is 16.4. The maximum absolute atomic E-state index is 12.1. The van der Waals surface area contributed by atoms with E-state index < -0.39 is 11.7 Å². The number of benzene rings is 1. The van der Waals surface area contributed by atoms with Gasteiger partial charge in [0.15, 0.2) is 0 Å². The van der Waals surface area contributed by atoms with Gasteiger partial charge in [0.2, 0.25) is 5.78 Å². The van der Waals surface area contributed by atoms with Gasteiger partial charge in [0.1, 0.15) is 0 Å². The van der Waals surface area contributed by atoms with Crippen LogP contribution in [0.4, 0.5) is 0 Å². The molecule has 0 spiro atoms. The second-order valence-electron chi connectivity index (χ2n) is 6.14. The monoisotopic (exact) mass is 275 g/mol. The highest BCUT2D eigenvalue weighted by Crippen LogP contribution is 2.22. The first-order valence-corrected chi connectivity index (χ1v) is 7.25. The normalized spacial score (nSPS) is 11.5. The smallest absolute Gasteiger partial charge is 0.292 e. The van der Waals surface area contributed by atoms with Crippen molar-refractivity contribution in [1.82, 2.24) is 5.32 Å². The Bertz CT molecular complexity index is 465. The minimum absolute atomic E-state index is 0.0410. The molecule has 1 aromatic carbocycles. The first-order chi connectivity index (χ1) is 9.29. The first-order valence-electron chi connectivity index (χ1n) is 7.25. The van der Waals surface area contributed by atoms with Crippen molar-refractivity contribution in [2.75, 3.05) is 0 Å². The molecule has 0 heterocycles. The van der Waals surface area contributed by atoms with Crippen LogP contribution < -0.4 is 5.32 Å². The molecule has 20 heavy (non-hydrogen) atoms. The highest BCUT2D eigenvalue weighted by Gasteiger charge is 2.20. The van der Waals surface area contributed by atoms with E-state index in [1.54, 1.807) is 12.1 Å². The number of amides is 1. The van der Waals surface area contributed by atoms with Crippen LogP contribution in [0.5, 0.6) is 0 Å². The van der Waals surface area contributed by atoms with Crippen molar-refractivity contribution < 1.29 is 9.59 Å². The van der Waals surface area contributed by atoms with E-state index in [1.165, 1.54) is 0 Å². The number of nitrogens with one attached hydrogen (secondary N) is 1. The average molecular weight is 275 g/mol. The molecule has 0 fully saturated rings. The number of rotatable bonds is 5. The summed E-state index contributed by atoms with van der Waals surface area (Å²) in [6.45, 7) is 10.3. The lowest BCUT2D eigenvalue weighted by Gasteiger charge is -2.19. The molecule has 0 aromatic heterocycles. The minimum Gasteiger partial charge on any atom is -0.346 e. The van der Waals surface area contributed by atoms with E-state index in [0.29, 0.717) is 5.56 Å². The molecular weight excluding hydrogens is 250 g/mol. The lowest BCUT2D eigenvalue weighted by atomic mass is 9.86. The van der Waals surface area contributed by atoms with Gasteiger partial charge in [-0.2, -0.15) is 0 Å². The van der Waals surface area contributed by atoms with Crippen molar-refractivity contribution in [1.29, 1.82) is 0 Å². The van der Waals surface area contributed by atoms with Crippen molar-refractivity contribution in [2.45, 2.75) is 58.9 Å². The second-order valence-corrected chi connectivity index (χ2v) is 6.14. The zero-order valence-electron chi connectivity index (χ0n) is 13.1. The summed E-state index contributed by atoms with van der Waals surface area (Å²) in [6.07, 6.45) is 1.66. The fourth-order valence-corrected chi connectivity index (χ4v) is 2.00. The molecule has 110 valence electrons. The van der Waals surface area contributed by atoms with Crippen molar-refractivity contribution in [3.8, 4) is 0 Å². The van der Waals surface area contributed by atoms with E-state index in [-0.39, 0.29) is 11.5 Å². The van der Waals surface area contributed by atoms with Gasteiger partial charge < -0.3 is 5.32 Å². The SMILES string of the molecule is CCC(CC)NC(=O)C(=O)c1ccc(C(C)(C)C)cc1. The van der Waals surface area contributed by atoms with Crippen LogP contribution in [-0.4, -0.2) is 17.7 Å². The minimum atomic E-state index is -0.512. The maximum atomic E-state index is 12.1. The molecule has 0 atom stereocenters. The van der Waals surface area contributed by atoms with E-state index in [2.05, 4.69) is 26.1 Å². The fourth-order valence-electron chi connectivity index (χ4n) is 2.00. The molecule has 3 nitrogen and oxygen atoms in total. The topological polar surface area (TPSA) is 46.2 Å². The molecule has 1 aromatic rings. The molecule has 0 bridgehead atoms. The quantitative estimate of drug-likeness (QED) is 0.660. The number of hydrogen-bond acceptors (Lipinski definition) is 2. The van der Waals surface area contributed by atoms with Gasteiger partial charge in [-0.3, -0.25) is 9.59 Å². The number of Topliss-reactive ketones (excluding diaryl/α,β-unsaturated/α-hetero) is 1. The Morgan fingerprint density at radius 3 is 1.95 bits per heavy atom. The molecular formula is C17H25NO2. The molecule has 0 radical (unpaired) electrons. The van der Waals surface area contributed by atoms with E-state index >= 15 is 0 Å². The van der Waals surface area contributed by atoms with Gasteiger partial charge in [-0.05, 0) is 23.8 Å². The Morgan fingerprint density at radius 2 is 1.55 bits per heavy atom. The summed E-state index contributed by atoms with van der Waals surface area (Å²) in [5.74, 6) is -0.973. The molecule has 0 aliphatic carbocycles. The van der Waals surface area contributed by atoms with Crippen LogP contribution in [0.1, 0.15) is 63.4 Å². The third-order valence-corrected chi connectivity index (χ3v) is 3.54. The number of ketones is 1. The van der Waals surface area contributed by atoms with Crippen LogP contribution >= 0.6 is 0 Å². The van der Waals surface area contributed by atoms with Gasteiger partial charge in [0, 0.05) is 11.6 Å². The maximum Gasteiger partial charge on any atom is 0.292 e.